The van der Waals surface area contributed by atoms with Crippen LogP contribution < -0.4 is 5.32 Å². The van der Waals surface area contributed by atoms with Gasteiger partial charge in [-0.3, -0.25) is 0 Å². The maximum absolute atomic E-state index is 5.09. The van der Waals surface area contributed by atoms with Gasteiger partial charge in [-0.1, -0.05) is 24.3 Å². The normalized spacial score (nSPS) is 18.9. The van der Waals surface area contributed by atoms with E-state index in [0.29, 0.717) is 6.04 Å². The number of hydrogen-bond acceptors (Lipinski definition) is 3. The van der Waals surface area contributed by atoms with Crippen LogP contribution in [0.25, 0.3) is 0 Å². The van der Waals surface area contributed by atoms with E-state index in [9.17, 15) is 0 Å². The Bertz CT molecular complexity index is 367. The fraction of sp³-hybridized carbons (Fsp3) is 0.600. The van der Waals surface area contributed by atoms with Gasteiger partial charge in [-0.2, -0.15) is 0 Å². The molecule has 1 aromatic rings. The molecule has 2 rings (SSSR count). The molecule has 0 fully saturated rings. The van der Waals surface area contributed by atoms with Crippen molar-refractivity contribution in [3.63, 3.8) is 0 Å². The summed E-state index contributed by atoms with van der Waals surface area (Å²) in [5, 5.41) is 3.62. The van der Waals surface area contributed by atoms with Gasteiger partial charge in [0, 0.05) is 39.4 Å². The summed E-state index contributed by atoms with van der Waals surface area (Å²) in [6.45, 7) is 4.07. The van der Waals surface area contributed by atoms with Crippen LogP contribution in [0.15, 0.2) is 24.3 Å². The van der Waals surface area contributed by atoms with Crippen LogP contribution in [-0.2, 0) is 17.7 Å². The minimum atomic E-state index is 0.576. The second kappa shape index (κ2) is 6.88. The molecule has 18 heavy (non-hydrogen) atoms. The van der Waals surface area contributed by atoms with Crippen LogP contribution >= 0.6 is 0 Å². The molecule has 3 nitrogen and oxygen atoms in total. The van der Waals surface area contributed by atoms with Crippen LogP contribution in [0.5, 0.6) is 0 Å². The molecule has 1 unspecified atom stereocenters. The van der Waals surface area contributed by atoms with Crippen LogP contribution in [0.1, 0.15) is 17.5 Å². The highest BCUT2D eigenvalue weighted by molar-refractivity contribution is 5.29. The van der Waals surface area contributed by atoms with Crippen molar-refractivity contribution in [1.29, 1.82) is 0 Å². The van der Waals surface area contributed by atoms with Gasteiger partial charge in [0.15, 0.2) is 0 Å². The van der Waals surface area contributed by atoms with Crippen LogP contribution in [0.2, 0.25) is 0 Å². The maximum Gasteiger partial charge on any atom is 0.0474 e. The van der Waals surface area contributed by atoms with Gasteiger partial charge >= 0.3 is 0 Å². The van der Waals surface area contributed by atoms with Gasteiger partial charge in [-0.15, -0.1) is 0 Å². The molecule has 1 aliphatic rings. The third kappa shape index (κ3) is 3.80. The largest absolute Gasteiger partial charge is 0.385 e. The summed E-state index contributed by atoms with van der Waals surface area (Å²) >= 11 is 0. The number of fused-ring (bicyclic) bond motifs is 1. The van der Waals surface area contributed by atoms with Crippen LogP contribution in [0.3, 0.4) is 0 Å². The molecule has 100 valence electrons. The molecule has 1 N–H and O–H groups in total. The fourth-order valence-corrected chi connectivity index (χ4v) is 2.60. The van der Waals surface area contributed by atoms with E-state index in [2.05, 4.69) is 41.5 Å². The fourth-order valence-electron chi connectivity index (χ4n) is 2.60. The lowest BCUT2D eigenvalue weighted by molar-refractivity contribution is 0.175. The van der Waals surface area contributed by atoms with Crippen molar-refractivity contribution in [2.45, 2.75) is 25.4 Å². The van der Waals surface area contributed by atoms with Crippen LogP contribution in [0.4, 0.5) is 0 Å². The molecule has 1 aromatic carbocycles. The first kappa shape index (κ1) is 13.5. The number of ether oxygens (including phenoxy) is 1. The number of hydrogen-bond donors (Lipinski definition) is 1. The second-order valence-corrected chi connectivity index (χ2v) is 5.16. The summed E-state index contributed by atoms with van der Waals surface area (Å²) in [5.41, 5.74) is 2.96. The minimum Gasteiger partial charge on any atom is -0.385 e. The molecule has 3 heteroatoms. The van der Waals surface area contributed by atoms with Gasteiger partial charge in [-0.25, -0.2) is 0 Å². The molecule has 1 aliphatic heterocycles. The Kier molecular flexibility index (Phi) is 5.17. The van der Waals surface area contributed by atoms with E-state index < -0.39 is 0 Å². The number of likely N-dealkylation sites (N-methyl/N-ethyl adjacent to an activating group) is 1. The Labute approximate surface area is 110 Å². The summed E-state index contributed by atoms with van der Waals surface area (Å²) in [5.74, 6) is 0. The van der Waals surface area contributed by atoms with E-state index in [1.54, 1.807) is 7.11 Å². The summed E-state index contributed by atoms with van der Waals surface area (Å²) in [7, 11) is 3.96. The minimum absolute atomic E-state index is 0.576. The van der Waals surface area contributed by atoms with E-state index in [0.717, 1.165) is 39.1 Å². The SMILES string of the molecule is COCCCN(C)CC1Cc2ccccc2CN1. The molecule has 0 saturated heterocycles. The molecule has 0 bridgehead atoms. The van der Waals surface area contributed by atoms with Gasteiger partial charge in [0.05, 0.1) is 0 Å². The predicted octanol–water partition coefficient (Wildman–Crippen LogP) is 1.67. The Morgan fingerprint density at radius 2 is 2.11 bits per heavy atom. The zero-order chi connectivity index (χ0) is 12.8. The first-order valence-electron chi connectivity index (χ1n) is 6.77. The second-order valence-electron chi connectivity index (χ2n) is 5.16. The topological polar surface area (TPSA) is 24.5 Å². The molecule has 0 aromatic heterocycles. The van der Waals surface area contributed by atoms with Crippen molar-refractivity contribution in [3.8, 4) is 0 Å². The van der Waals surface area contributed by atoms with Crippen molar-refractivity contribution >= 4 is 0 Å². The third-order valence-electron chi connectivity index (χ3n) is 3.59. The molecule has 0 spiro atoms. The molecule has 0 amide bonds. The molecular weight excluding hydrogens is 224 g/mol. The van der Waals surface area contributed by atoms with Gasteiger partial charge in [0.2, 0.25) is 0 Å². The molecule has 0 radical (unpaired) electrons. The Morgan fingerprint density at radius 1 is 1.33 bits per heavy atom. The zero-order valence-electron chi connectivity index (χ0n) is 11.5. The average molecular weight is 248 g/mol. The van der Waals surface area contributed by atoms with Gasteiger partial charge in [-0.05, 0) is 31.0 Å². The van der Waals surface area contributed by atoms with E-state index in [1.807, 2.05) is 0 Å². The summed E-state index contributed by atoms with van der Waals surface area (Å²) < 4.78 is 5.09. The number of nitrogens with one attached hydrogen (secondary N) is 1. The lowest BCUT2D eigenvalue weighted by Gasteiger charge is -2.29. The monoisotopic (exact) mass is 248 g/mol. The summed E-state index contributed by atoms with van der Waals surface area (Å²) in [4.78, 5) is 2.39. The Balaban J connectivity index is 1.79. The smallest absolute Gasteiger partial charge is 0.0474 e. The number of benzene rings is 1. The number of rotatable bonds is 6. The van der Waals surface area contributed by atoms with Gasteiger partial charge in [0.1, 0.15) is 0 Å². The summed E-state index contributed by atoms with van der Waals surface area (Å²) in [6.07, 6.45) is 2.25. The highest BCUT2D eigenvalue weighted by Gasteiger charge is 2.18. The van der Waals surface area contributed by atoms with Gasteiger partial charge < -0.3 is 15.0 Å². The molecule has 0 saturated carbocycles. The van der Waals surface area contributed by atoms with Crippen LogP contribution in [-0.4, -0.2) is 44.8 Å². The predicted molar refractivity (Wildman–Crippen MR) is 74.8 cm³/mol. The summed E-state index contributed by atoms with van der Waals surface area (Å²) in [6, 6.07) is 9.32. The van der Waals surface area contributed by atoms with Crippen LogP contribution in [0, 0.1) is 0 Å². The molecule has 1 heterocycles. The first-order valence-corrected chi connectivity index (χ1v) is 6.77. The van der Waals surface area contributed by atoms with Gasteiger partial charge in [0.25, 0.3) is 0 Å². The molecule has 1 atom stereocenters. The lowest BCUT2D eigenvalue weighted by Crippen LogP contribution is -2.43. The highest BCUT2D eigenvalue weighted by Crippen LogP contribution is 2.16. The number of nitrogens with zero attached hydrogens (tertiary/aromatic N) is 1. The Hall–Kier alpha value is -0.900. The first-order chi connectivity index (χ1) is 8.79. The Morgan fingerprint density at radius 3 is 2.89 bits per heavy atom. The lowest BCUT2D eigenvalue weighted by atomic mass is 9.96. The van der Waals surface area contributed by atoms with Crippen molar-refractivity contribution in [1.82, 2.24) is 10.2 Å². The van der Waals surface area contributed by atoms with E-state index in [-0.39, 0.29) is 0 Å². The molecule has 0 aliphatic carbocycles. The third-order valence-corrected chi connectivity index (χ3v) is 3.59. The van der Waals surface area contributed by atoms with Crippen molar-refractivity contribution in [2.24, 2.45) is 0 Å². The van der Waals surface area contributed by atoms with Crippen molar-refractivity contribution in [2.75, 3.05) is 33.9 Å². The maximum atomic E-state index is 5.09. The van der Waals surface area contributed by atoms with E-state index in [1.165, 1.54) is 11.1 Å². The average Bonchev–Trinajstić information content (AvgIpc) is 2.39. The standard InChI is InChI=1S/C15H24N2O/c1-17(8-5-9-18-2)12-15-10-13-6-3-4-7-14(13)11-16-15/h3-4,6-7,15-16H,5,8-12H2,1-2H3. The van der Waals surface area contributed by atoms with Crippen molar-refractivity contribution < 1.29 is 4.74 Å². The van der Waals surface area contributed by atoms with E-state index in [4.69, 9.17) is 4.74 Å². The molecular formula is C15H24N2O. The quantitative estimate of drug-likeness (QED) is 0.775. The van der Waals surface area contributed by atoms with E-state index >= 15 is 0 Å². The highest BCUT2D eigenvalue weighted by atomic mass is 16.5. The number of methoxy groups -OCH3 is 1. The van der Waals surface area contributed by atoms with Crippen molar-refractivity contribution in [3.05, 3.63) is 35.4 Å². The zero-order valence-corrected chi connectivity index (χ0v) is 11.5.